The van der Waals surface area contributed by atoms with Crippen molar-refractivity contribution in [3.8, 4) is 0 Å². The smallest absolute Gasteiger partial charge is 0.269 e. The summed E-state index contributed by atoms with van der Waals surface area (Å²) >= 11 is 16.7. The summed E-state index contributed by atoms with van der Waals surface area (Å²) < 4.78 is 0. The Balaban J connectivity index is 1.48. The summed E-state index contributed by atoms with van der Waals surface area (Å²) in [6.07, 6.45) is 1.83. The third kappa shape index (κ3) is 6.15. The molecule has 0 atom stereocenters. The Morgan fingerprint density at radius 3 is 2.07 bits per heavy atom. The van der Waals surface area contributed by atoms with Gasteiger partial charge in [0.1, 0.15) is 0 Å². The molecular formula is C19H16Cl2N4O3S. The van der Waals surface area contributed by atoms with Crippen LogP contribution >= 0.6 is 35.4 Å². The zero-order valence-corrected chi connectivity index (χ0v) is 17.3. The number of benzene rings is 2. The number of halogens is 2. The van der Waals surface area contributed by atoms with Gasteiger partial charge in [0, 0.05) is 32.8 Å². The molecule has 2 aromatic carbocycles. The van der Waals surface area contributed by atoms with Gasteiger partial charge in [-0.15, -0.1) is 0 Å². The minimum absolute atomic E-state index is 0.00838. The van der Waals surface area contributed by atoms with Crippen LogP contribution in [0.2, 0.25) is 10.0 Å². The van der Waals surface area contributed by atoms with Crippen LogP contribution in [-0.4, -0.2) is 22.8 Å². The molecule has 0 radical (unpaired) electrons. The normalized spacial score (nSPS) is 12.6. The number of hydrazine groups is 1. The van der Waals surface area contributed by atoms with Crippen molar-refractivity contribution >= 4 is 63.9 Å². The molecule has 1 aliphatic rings. The molecule has 0 saturated heterocycles. The van der Waals surface area contributed by atoms with E-state index in [0.29, 0.717) is 21.3 Å². The molecule has 1 saturated carbocycles. The van der Waals surface area contributed by atoms with Crippen LogP contribution < -0.4 is 21.5 Å². The van der Waals surface area contributed by atoms with Crippen molar-refractivity contribution in [1.82, 2.24) is 16.2 Å². The maximum atomic E-state index is 12.2. The highest BCUT2D eigenvalue weighted by Crippen LogP contribution is 2.30. The van der Waals surface area contributed by atoms with Gasteiger partial charge in [0.25, 0.3) is 11.8 Å². The first kappa shape index (κ1) is 21.0. The topological polar surface area (TPSA) is 99.3 Å². The molecule has 3 amide bonds. The summed E-state index contributed by atoms with van der Waals surface area (Å²) in [5, 5.41) is 5.72. The van der Waals surface area contributed by atoms with Gasteiger partial charge >= 0.3 is 0 Å². The quantitative estimate of drug-likeness (QED) is 0.423. The number of thiocarbonyl (C=S) groups is 1. The van der Waals surface area contributed by atoms with Gasteiger partial charge in [0.2, 0.25) is 5.91 Å². The van der Waals surface area contributed by atoms with Gasteiger partial charge in [0.05, 0.1) is 0 Å². The lowest BCUT2D eigenvalue weighted by Crippen LogP contribution is -2.48. The Kier molecular flexibility index (Phi) is 6.68. The zero-order valence-electron chi connectivity index (χ0n) is 14.9. The van der Waals surface area contributed by atoms with E-state index < -0.39 is 11.8 Å². The second-order valence-corrected chi connectivity index (χ2v) is 7.64. The molecule has 2 aromatic rings. The number of hydrogen-bond acceptors (Lipinski definition) is 4. The van der Waals surface area contributed by atoms with E-state index in [1.165, 1.54) is 18.2 Å². The molecule has 7 nitrogen and oxygen atoms in total. The Morgan fingerprint density at radius 2 is 1.48 bits per heavy atom. The predicted molar refractivity (Wildman–Crippen MR) is 115 cm³/mol. The van der Waals surface area contributed by atoms with Crippen molar-refractivity contribution in [2.75, 3.05) is 5.32 Å². The van der Waals surface area contributed by atoms with Crippen molar-refractivity contribution in [2.24, 2.45) is 5.92 Å². The lowest BCUT2D eigenvalue weighted by atomic mass is 10.2. The van der Waals surface area contributed by atoms with Crippen LogP contribution in [0.15, 0.2) is 42.5 Å². The summed E-state index contributed by atoms with van der Waals surface area (Å²) in [5.41, 5.74) is 6.02. The van der Waals surface area contributed by atoms with Crippen LogP contribution in [0.25, 0.3) is 0 Å². The molecule has 0 spiro atoms. The minimum Gasteiger partial charge on any atom is -0.326 e. The molecule has 0 heterocycles. The number of rotatable bonds is 4. The number of anilines is 1. The maximum Gasteiger partial charge on any atom is 0.269 e. The van der Waals surface area contributed by atoms with Gasteiger partial charge in [-0.3, -0.25) is 30.6 Å². The third-order valence-corrected chi connectivity index (χ3v) is 4.64. The lowest BCUT2D eigenvalue weighted by molar-refractivity contribution is -0.117. The first-order valence-corrected chi connectivity index (χ1v) is 9.77. The average Bonchev–Trinajstić information content (AvgIpc) is 3.51. The Labute approximate surface area is 182 Å². The van der Waals surface area contributed by atoms with Crippen LogP contribution in [0, 0.1) is 5.92 Å². The highest BCUT2D eigenvalue weighted by Gasteiger charge is 2.29. The molecule has 1 fully saturated rings. The molecule has 10 heteroatoms. The van der Waals surface area contributed by atoms with Crippen LogP contribution in [0.1, 0.15) is 33.6 Å². The first-order chi connectivity index (χ1) is 13.8. The molecule has 150 valence electrons. The Morgan fingerprint density at radius 1 is 0.862 bits per heavy atom. The van der Waals surface area contributed by atoms with Gasteiger partial charge in [0.15, 0.2) is 5.11 Å². The van der Waals surface area contributed by atoms with Crippen LogP contribution in [0.4, 0.5) is 5.69 Å². The molecule has 29 heavy (non-hydrogen) atoms. The molecule has 1 aliphatic carbocycles. The molecule has 4 N–H and O–H groups in total. The molecule has 0 unspecified atom stereocenters. The van der Waals surface area contributed by atoms with Gasteiger partial charge < -0.3 is 5.32 Å². The van der Waals surface area contributed by atoms with Crippen molar-refractivity contribution < 1.29 is 14.4 Å². The predicted octanol–water partition coefficient (Wildman–Crippen LogP) is 3.29. The summed E-state index contributed by atoms with van der Waals surface area (Å²) in [4.78, 5) is 36.1. The average molecular weight is 451 g/mol. The van der Waals surface area contributed by atoms with E-state index in [-0.39, 0.29) is 22.5 Å². The lowest BCUT2D eigenvalue weighted by Gasteiger charge is -2.11. The molecule has 0 aromatic heterocycles. The van der Waals surface area contributed by atoms with E-state index in [0.717, 1.165) is 12.8 Å². The summed E-state index contributed by atoms with van der Waals surface area (Å²) in [7, 11) is 0. The fourth-order valence-corrected chi connectivity index (χ4v) is 3.04. The van der Waals surface area contributed by atoms with Crippen molar-refractivity contribution in [2.45, 2.75) is 12.8 Å². The Hall–Kier alpha value is -2.68. The minimum atomic E-state index is -0.531. The van der Waals surface area contributed by atoms with E-state index in [1.54, 1.807) is 24.3 Å². The summed E-state index contributed by atoms with van der Waals surface area (Å²) in [6, 6.07) is 10.8. The van der Waals surface area contributed by atoms with Crippen molar-refractivity contribution in [3.63, 3.8) is 0 Å². The third-order valence-electron chi connectivity index (χ3n) is 4.00. The SMILES string of the molecule is O=C(NNC(=S)NC(=O)c1cc(Cl)cc(Cl)c1)c1ccc(NC(=O)C2CC2)cc1. The molecule has 0 bridgehead atoms. The van der Waals surface area contributed by atoms with E-state index >= 15 is 0 Å². The van der Waals surface area contributed by atoms with Gasteiger partial charge in [-0.2, -0.15) is 0 Å². The highest BCUT2D eigenvalue weighted by atomic mass is 35.5. The summed E-state index contributed by atoms with van der Waals surface area (Å²) in [6.45, 7) is 0. The van der Waals surface area contributed by atoms with Gasteiger partial charge in [-0.1, -0.05) is 23.2 Å². The van der Waals surface area contributed by atoms with E-state index in [9.17, 15) is 14.4 Å². The first-order valence-electron chi connectivity index (χ1n) is 8.60. The van der Waals surface area contributed by atoms with E-state index in [4.69, 9.17) is 35.4 Å². The second kappa shape index (κ2) is 9.21. The number of carbonyl (C=O) groups is 3. The van der Waals surface area contributed by atoms with Gasteiger partial charge in [-0.25, -0.2) is 0 Å². The fourth-order valence-electron chi connectivity index (χ4n) is 2.37. The number of nitrogens with one attached hydrogen (secondary N) is 4. The largest absolute Gasteiger partial charge is 0.326 e. The Bertz CT molecular complexity index is 958. The number of hydrogen-bond donors (Lipinski definition) is 4. The maximum absolute atomic E-state index is 12.2. The number of amides is 3. The van der Waals surface area contributed by atoms with Crippen LogP contribution in [-0.2, 0) is 4.79 Å². The fraction of sp³-hybridized carbons (Fsp3) is 0.158. The standard InChI is InChI=1S/C19H16Cl2N4O3S/c20-13-7-12(8-14(21)9-13)17(27)23-19(29)25-24-18(28)11-3-5-15(6-4-11)22-16(26)10-1-2-10/h3-10H,1-2H2,(H,22,26)(H,24,28)(H2,23,25,27,29). The molecule has 3 rings (SSSR count). The van der Waals surface area contributed by atoms with E-state index in [2.05, 4.69) is 21.5 Å². The summed E-state index contributed by atoms with van der Waals surface area (Å²) in [5.74, 6) is -0.906. The van der Waals surface area contributed by atoms with Crippen LogP contribution in [0.3, 0.4) is 0 Å². The molecular weight excluding hydrogens is 435 g/mol. The number of carbonyl (C=O) groups excluding carboxylic acids is 3. The van der Waals surface area contributed by atoms with Crippen molar-refractivity contribution in [1.29, 1.82) is 0 Å². The molecule has 0 aliphatic heterocycles. The zero-order chi connectivity index (χ0) is 21.0. The van der Waals surface area contributed by atoms with Gasteiger partial charge in [-0.05, 0) is 67.5 Å². The van der Waals surface area contributed by atoms with Crippen molar-refractivity contribution in [3.05, 3.63) is 63.6 Å². The monoisotopic (exact) mass is 450 g/mol. The van der Waals surface area contributed by atoms with E-state index in [1.807, 2.05) is 0 Å². The van der Waals surface area contributed by atoms with Crippen LogP contribution in [0.5, 0.6) is 0 Å². The highest BCUT2D eigenvalue weighted by molar-refractivity contribution is 7.80. The second-order valence-electron chi connectivity index (χ2n) is 6.36.